The van der Waals surface area contributed by atoms with Crippen molar-refractivity contribution < 1.29 is 19.1 Å². The van der Waals surface area contributed by atoms with Gasteiger partial charge in [-0.3, -0.25) is 0 Å². The van der Waals surface area contributed by atoms with E-state index in [2.05, 4.69) is 14.1 Å². The van der Waals surface area contributed by atoms with Crippen LogP contribution < -0.4 is 0 Å². The van der Waals surface area contributed by atoms with Gasteiger partial charge < -0.3 is 14.3 Å². The van der Waals surface area contributed by atoms with Gasteiger partial charge in [0.15, 0.2) is 0 Å². The zero-order valence-electron chi connectivity index (χ0n) is 15.2. The van der Waals surface area contributed by atoms with Crippen molar-refractivity contribution in [2.24, 2.45) is 0 Å². The number of halogens is 1. The summed E-state index contributed by atoms with van der Waals surface area (Å²) >= 11 is 6.10. The van der Waals surface area contributed by atoms with E-state index >= 15 is 0 Å². The second-order valence-electron chi connectivity index (χ2n) is 7.57. The molecule has 1 atom stereocenters. The van der Waals surface area contributed by atoms with Crippen molar-refractivity contribution in [2.45, 2.75) is 24.5 Å². The number of likely N-dealkylation sites (tertiary alicyclic amines) is 1. The molecule has 1 aliphatic heterocycles. The molecule has 138 valence electrons. The monoisotopic (exact) mass is 374 g/mol. The number of piperidine rings is 1. The molecule has 0 saturated carbocycles. The van der Waals surface area contributed by atoms with Gasteiger partial charge in [-0.25, -0.2) is 4.79 Å². The number of carbonyl (C=O) groups is 1. The van der Waals surface area contributed by atoms with Gasteiger partial charge in [0.2, 0.25) is 5.60 Å². The van der Waals surface area contributed by atoms with Crippen molar-refractivity contribution in [3.8, 4) is 0 Å². The Bertz CT molecular complexity index is 768. The van der Waals surface area contributed by atoms with E-state index in [1.54, 1.807) is 48.5 Å². The van der Waals surface area contributed by atoms with E-state index in [1.165, 1.54) is 0 Å². The Kier molecular flexibility index (Phi) is 5.37. The number of hydrogen-bond acceptors (Lipinski definition) is 3. The Morgan fingerprint density at radius 2 is 1.69 bits per heavy atom. The fourth-order valence-corrected chi connectivity index (χ4v) is 3.58. The van der Waals surface area contributed by atoms with Crippen molar-refractivity contribution >= 4 is 17.6 Å². The smallest absolute Gasteiger partial charge is 0.347 e. The van der Waals surface area contributed by atoms with Crippen LogP contribution in [0.4, 0.5) is 0 Å². The first-order valence-electron chi connectivity index (χ1n) is 8.88. The largest absolute Gasteiger partial charge is 0.459 e. The standard InChI is InChI=1S/C21H25ClNO3/c1-23(2)13-11-19(12-14-23)26-20(24)21(25,16-7-4-3-5-8-16)17-9-6-10-18(22)15-17/h3-10,15,19,25H,11-14H2,1-2H3/q+1. The molecule has 5 heteroatoms. The number of quaternary nitrogens is 1. The summed E-state index contributed by atoms with van der Waals surface area (Å²) in [6.07, 6.45) is 1.40. The Hall–Kier alpha value is -1.88. The average Bonchev–Trinajstić information content (AvgIpc) is 2.63. The minimum atomic E-state index is -1.88. The number of nitrogens with zero attached hydrogens (tertiary/aromatic N) is 1. The molecular weight excluding hydrogens is 350 g/mol. The molecule has 1 fully saturated rings. The number of hydrogen-bond donors (Lipinski definition) is 1. The van der Waals surface area contributed by atoms with Crippen molar-refractivity contribution in [3.63, 3.8) is 0 Å². The van der Waals surface area contributed by atoms with Crippen molar-refractivity contribution in [1.29, 1.82) is 0 Å². The van der Waals surface area contributed by atoms with Crippen LogP contribution in [0.2, 0.25) is 5.02 Å². The summed E-state index contributed by atoms with van der Waals surface area (Å²) in [5.41, 5.74) is -0.999. The minimum Gasteiger partial charge on any atom is -0.459 e. The van der Waals surface area contributed by atoms with Gasteiger partial charge in [-0.2, -0.15) is 0 Å². The lowest BCUT2D eigenvalue weighted by molar-refractivity contribution is -0.896. The van der Waals surface area contributed by atoms with E-state index < -0.39 is 11.6 Å². The summed E-state index contributed by atoms with van der Waals surface area (Å²) in [5, 5.41) is 11.9. The summed E-state index contributed by atoms with van der Waals surface area (Å²) in [7, 11) is 4.34. The lowest BCUT2D eigenvalue weighted by Crippen LogP contribution is -2.49. The van der Waals surface area contributed by atoms with Crippen molar-refractivity contribution in [2.75, 3.05) is 27.2 Å². The molecule has 3 rings (SSSR count). The lowest BCUT2D eigenvalue weighted by atomic mass is 9.86. The molecule has 0 radical (unpaired) electrons. The quantitative estimate of drug-likeness (QED) is 0.659. The van der Waals surface area contributed by atoms with Crippen LogP contribution in [-0.2, 0) is 15.1 Å². The molecule has 26 heavy (non-hydrogen) atoms. The van der Waals surface area contributed by atoms with Crippen molar-refractivity contribution in [3.05, 3.63) is 70.7 Å². The Morgan fingerprint density at radius 3 is 2.31 bits per heavy atom. The van der Waals surface area contributed by atoms with Gasteiger partial charge in [0.1, 0.15) is 6.10 Å². The molecule has 1 aliphatic rings. The Morgan fingerprint density at radius 1 is 1.08 bits per heavy atom. The topological polar surface area (TPSA) is 46.5 Å². The molecule has 4 nitrogen and oxygen atoms in total. The summed E-state index contributed by atoms with van der Waals surface area (Å²) < 4.78 is 6.68. The third-order valence-electron chi connectivity index (χ3n) is 5.12. The normalized spacial score (nSPS) is 19.5. The van der Waals surface area contributed by atoms with Crippen LogP contribution in [0.3, 0.4) is 0 Å². The van der Waals surface area contributed by atoms with Crippen LogP contribution in [0.5, 0.6) is 0 Å². The van der Waals surface area contributed by atoms with Crippen LogP contribution in [-0.4, -0.2) is 48.8 Å². The highest BCUT2D eigenvalue weighted by Crippen LogP contribution is 2.33. The van der Waals surface area contributed by atoms with E-state index in [9.17, 15) is 9.90 Å². The zero-order chi connectivity index (χ0) is 18.8. The van der Waals surface area contributed by atoms with Gasteiger partial charge in [0.25, 0.3) is 0 Å². The van der Waals surface area contributed by atoms with E-state index in [4.69, 9.17) is 16.3 Å². The Labute approximate surface area is 159 Å². The summed E-state index contributed by atoms with van der Waals surface area (Å²) in [6, 6.07) is 15.6. The van der Waals surface area contributed by atoms with E-state index in [0.29, 0.717) is 16.1 Å². The van der Waals surface area contributed by atoms with Gasteiger partial charge in [-0.15, -0.1) is 0 Å². The highest BCUT2D eigenvalue weighted by molar-refractivity contribution is 6.30. The maximum absolute atomic E-state index is 13.1. The molecule has 0 amide bonds. The molecule has 1 heterocycles. The predicted molar refractivity (Wildman–Crippen MR) is 102 cm³/mol. The molecule has 0 bridgehead atoms. The zero-order valence-corrected chi connectivity index (χ0v) is 15.9. The van der Waals surface area contributed by atoms with Crippen LogP contribution in [0, 0.1) is 0 Å². The Balaban J connectivity index is 1.90. The predicted octanol–water partition coefficient (Wildman–Crippen LogP) is 3.36. The molecule has 1 N–H and O–H groups in total. The maximum atomic E-state index is 13.1. The average molecular weight is 375 g/mol. The summed E-state index contributed by atoms with van der Waals surface area (Å²) in [5.74, 6) is -0.650. The number of esters is 1. The van der Waals surface area contributed by atoms with Crippen LogP contribution >= 0.6 is 11.6 Å². The maximum Gasteiger partial charge on any atom is 0.347 e. The molecule has 1 saturated heterocycles. The number of benzene rings is 2. The third-order valence-corrected chi connectivity index (χ3v) is 5.35. The molecule has 0 spiro atoms. The molecular formula is C21H25ClNO3+. The van der Waals surface area contributed by atoms with Gasteiger partial charge in [-0.05, 0) is 17.7 Å². The van der Waals surface area contributed by atoms with Crippen LogP contribution in [0.25, 0.3) is 0 Å². The SMILES string of the molecule is C[N+]1(C)CCC(OC(=O)C(O)(c2ccccc2)c2cccc(Cl)c2)CC1. The third kappa shape index (κ3) is 3.93. The second kappa shape index (κ2) is 7.39. The first-order chi connectivity index (χ1) is 12.3. The fourth-order valence-electron chi connectivity index (χ4n) is 3.39. The van der Waals surface area contributed by atoms with Gasteiger partial charge in [0.05, 0.1) is 27.2 Å². The molecule has 2 aromatic carbocycles. The molecule has 0 aliphatic carbocycles. The van der Waals surface area contributed by atoms with E-state index in [-0.39, 0.29) is 6.10 Å². The van der Waals surface area contributed by atoms with Crippen LogP contribution in [0.15, 0.2) is 54.6 Å². The van der Waals surface area contributed by atoms with Crippen LogP contribution in [0.1, 0.15) is 24.0 Å². The van der Waals surface area contributed by atoms with E-state index in [1.807, 2.05) is 6.07 Å². The molecule has 0 aromatic heterocycles. The number of aliphatic hydroxyl groups is 1. The highest BCUT2D eigenvalue weighted by atomic mass is 35.5. The fraction of sp³-hybridized carbons (Fsp3) is 0.381. The molecule has 1 unspecified atom stereocenters. The van der Waals surface area contributed by atoms with Crippen molar-refractivity contribution in [1.82, 2.24) is 0 Å². The lowest BCUT2D eigenvalue weighted by Gasteiger charge is -2.38. The number of rotatable bonds is 4. The molecule has 2 aromatic rings. The first kappa shape index (κ1) is 18.9. The summed E-state index contributed by atoms with van der Waals surface area (Å²) in [4.78, 5) is 13.1. The minimum absolute atomic E-state index is 0.178. The second-order valence-corrected chi connectivity index (χ2v) is 8.01. The number of carbonyl (C=O) groups excluding carboxylic acids is 1. The number of ether oxygens (including phenoxy) is 1. The first-order valence-corrected chi connectivity index (χ1v) is 9.26. The van der Waals surface area contributed by atoms with Gasteiger partial charge in [-0.1, -0.05) is 54.1 Å². The van der Waals surface area contributed by atoms with Gasteiger partial charge in [0, 0.05) is 23.4 Å². The summed E-state index contributed by atoms with van der Waals surface area (Å²) in [6.45, 7) is 1.89. The highest BCUT2D eigenvalue weighted by Gasteiger charge is 2.43. The van der Waals surface area contributed by atoms with Gasteiger partial charge >= 0.3 is 5.97 Å². The van der Waals surface area contributed by atoms with E-state index in [0.717, 1.165) is 30.4 Å².